The number of carboxylic acid groups (broad SMARTS) is 4. The van der Waals surface area contributed by atoms with E-state index in [9.17, 15) is 86.4 Å². The molecule has 734 valence electrons. The number of amides is 7. The van der Waals surface area contributed by atoms with Crippen molar-refractivity contribution in [2.45, 2.75) is 188 Å². The normalized spacial score (nSPS) is 20.6. The molecule has 1 saturated heterocycles. The smallest absolute Gasteiger partial charge is 0.481 e. The number of phosphoric ester groups is 1. The standard InChI is InChI=1S/C46H57N8O21P3S2.C29H35N3O8S.C10H19P3S/c47-42-41-27(22-54(43(41)51-26-50-42)39-21-35(55)36(73-39)24-72-77(67,68)75-78(69,70)74-76(64,65)66)9-8-19-48-37(56)17-20-79-80-25-34(44(60)49-18-7-1-2-14-38(57)52-33(45(61)62)15-16-40(58)59)53-46(63)71-23-32-30-12-5-3-10-28(30)29-11-4-6-13-31(29)32;33-25(31-23(28(37)38)13-14-26(34)35)12-2-1-7-15-30-27(36)24(17-41)32-29(39)40-16-22-20-10-5-3-8-18(20)19-9-4-6-11-21(19)22;11-13-14-12-10-4-7-1-8(5-10)3-9(2-7)6-10/h3-6,10-13,22,26,32-36,39,55H,1-2,7,14-21,23-25H2,(H,48,56)(H,49,60)(H,52,57)(H,53,63)(H,58,59)(H,61,62)(H,67,68)(H,69,70)(H2,47,50,51)(H2,64,65,66);3-6,8-11,22-24,41H,1-2,7,12-17H2,(H,30,36)(H,31,33)(H,32,39)(H,34,35)(H,37,38);7-9,12-13H,1-6,11H2/t33?,34?,35?,36-,39-;;/m1../s1/i;;12T,13D. The highest BCUT2D eigenvalue weighted by Gasteiger charge is 2.51. The van der Waals surface area contributed by atoms with Crippen molar-refractivity contribution in [3.05, 3.63) is 137 Å². The minimum Gasteiger partial charge on any atom is -0.481 e. The number of hydrogen-bond donors (Lipinski definition) is 18. The number of benzene rings is 4. The molecule has 1 aliphatic heterocycles. The molecule has 4 bridgehead atoms. The molecule has 0 radical (unpaired) electrons. The van der Waals surface area contributed by atoms with Crippen LogP contribution in [0.25, 0.3) is 33.3 Å². The predicted octanol–water partition coefficient (Wildman–Crippen LogP) is 10.9. The Kier molecular flexibility index (Phi) is 41.1. The van der Waals surface area contributed by atoms with Crippen molar-refractivity contribution in [1.29, 1.82) is 2.56 Å². The van der Waals surface area contributed by atoms with Crippen LogP contribution in [0.5, 0.6) is 0 Å². The molecule has 0 spiro atoms. The highest BCUT2D eigenvalue weighted by atomic mass is 33.1. The summed E-state index contributed by atoms with van der Waals surface area (Å²) in [6, 6.07) is 27.1. The van der Waals surface area contributed by atoms with Gasteiger partial charge >= 0.3 is 59.5 Å². The van der Waals surface area contributed by atoms with Gasteiger partial charge < -0.3 is 107 Å². The topological polar surface area (TPSA) is 617 Å². The van der Waals surface area contributed by atoms with Crippen molar-refractivity contribution < 1.29 is 139 Å². The number of nitrogens with two attached hydrogens (primary N) is 1. The average Bonchev–Trinajstić information content (AvgIpc) is 1.73. The summed E-state index contributed by atoms with van der Waals surface area (Å²) < 4.78 is 81.6. The summed E-state index contributed by atoms with van der Waals surface area (Å²) in [6.45, 7) is -0.394. The number of aliphatic hydroxyl groups is 1. The zero-order valence-electron chi connectivity index (χ0n) is 74.9. The molecule has 10 unspecified atom stereocenters. The Labute approximate surface area is 803 Å². The van der Waals surface area contributed by atoms with Crippen LogP contribution in [0.4, 0.5) is 15.4 Å². The molecule has 3 heterocycles. The zero-order chi connectivity index (χ0) is 99.3. The van der Waals surface area contributed by atoms with Gasteiger partial charge in [-0.2, -0.15) is 21.3 Å². The molecule has 135 heavy (non-hydrogen) atoms. The van der Waals surface area contributed by atoms with Gasteiger partial charge in [0.25, 0.3) is 0 Å². The SMILES string of the molecule is Nc1ncnc2c1c(C#CCNC(=O)CCSSCC(NC(=O)OCC1c3ccccc3-c3ccccc31)C(=O)NCCCCCC(=O)NC(CCC(=O)O)C(=O)O)cn2[C@H]1CC(O)[C@@H](COP(=O)(O)OP(=O)(O)OP(=O)(O)O)O1.O=C(O)CCC(NC(=O)CCCCCNC(=O)C(CS)NC(=O)OCC1c2ccccc2-c2ccccc21)C(=O)O.[2H]P(P)SP([3H])C12CC3CC(CC(C3)C1)C2. The number of alkyl carbamates (subject to hydrolysis) is 2. The fourth-order valence-corrected chi connectivity index (χ4v) is 28.5. The number of aliphatic hydroxyl groups excluding tert-OH is 1. The number of hydrogen-bond acceptors (Lipinski definition) is 28. The number of ether oxygens (including phenoxy) is 3. The maximum atomic E-state index is 13.5. The highest BCUT2D eigenvalue weighted by molar-refractivity contribution is 8.86. The van der Waals surface area contributed by atoms with Gasteiger partial charge in [-0.05, 0) is 152 Å². The number of aliphatic carboxylic acids is 4. The zero-order valence-corrected chi connectivity index (χ0v) is 81.9. The Balaban J connectivity index is 0.000000277. The van der Waals surface area contributed by atoms with E-state index >= 15 is 0 Å². The highest BCUT2D eigenvalue weighted by Crippen LogP contribution is 2.69. The van der Waals surface area contributed by atoms with Crippen molar-refractivity contribution in [2.24, 2.45) is 17.8 Å². The number of unbranched alkanes of at least 4 members (excludes halogenated alkanes) is 4. The lowest BCUT2D eigenvalue weighted by Crippen LogP contribution is -2.48. The summed E-state index contributed by atoms with van der Waals surface area (Å²) in [5.41, 5.74) is 15.1. The number of carbonyl (C=O) groups is 11. The minimum atomic E-state index is -5.78. The molecule has 4 aromatic carbocycles. The van der Waals surface area contributed by atoms with Crippen LogP contribution >= 0.6 is 92.8 Å². The lowest BCUT2D eigenvalue weighted by atomic mass is 9.56. The number of nitrogens with one attached hydrogen (secondary N) is 7. The maximum Gasteiger partial charge on any atom is 0.490 e. The van der Waals surface area contributed by atoms with Crippen molar-refractivity contribution in [3.63, 3.8) is 0 Å². The Hall–Kier alpha value is -8.35. The first-order valence-electron chi connectivity index (χ1n) is 44.2. The fourth-order valence-electron chi connectivity index (χ4n) is 17.3. The van der Waals surface area contributed by atoms with E-state index in [0.717, 1.165) is 68.6 Å². The Morgan fingerprint density at radius 2 is 1.10 bits per heavy atom. The van der Waals surface area contributed by atoms with E-state index in [1.807, 2.05) is 97.1 Å². The van der Waals surface area contributed by atoms with E-state index in [2.05, 4.69) is 93.7 Å². The van der Waals surface area contributed by atoms with E-state index in [-0.39, 0.29) is 112 Å². The molecule has 6 aromatic rings. The average molecular weight is 2070 g/mol. The Morgan fingerprint density at radius 3 is 1.56 bits per heavy atom. The second kappa shape index (κ2) is 52.6. The third-order valence-corrected chi connectivity index (χ3v) is 36.5. The predicted molar refractivity (Wildman–Crippen MR) is 514 cm³/mol. The fraction of sp³-hybridized carbons (Fsp3) is 0.494. The third-order valence-electron chi connectivity index (χ3n) is 23.0. The quantitative estimate of drug-likeness (QED) is 0.00554. The van der Waals surface area contributed by atoms with Gasteiger partial charge in [0, 0.05) is 86.9 Å². The third kappa shape index (κ3) is 33.7. The second-order valence-electron chi connectivity index (χ2n) is 32.8. The summed E-state index contributed by atoms with van der Waals surface area (Å²) in [4.78, 5) is 178. The van der Waals surface area contributed by atoms with Crippen LogP contribution in [0.2, 0.25) is 0 Å². The molecule has 50 heteroatoms. The number of nitrogen functional groups attached to an aromatic ring is 1. The summed E-state index contributed by atoms with van der Waals surface area (Å²) in [5.74, 6) is 1.43. The first-order valence-corrected chi connectivity index (χ1v) is 56.4. The maximum absolute atomic E-state index is 13.5. The largest absolute Gasteiger partial charge is 0.490 e. The van der Waals surface area contributed by atoms with E-state index in [4.69, 9.17) is 47.6 Å². The lowest BCUT2D eigenvalue weighted by Gasteiger charge is -2.56. The van der Waals surface area contributed by atoms with Gasteiger partial charge in [-0.15, -0.1) is 19.9 Å². The molecule has 13 rings (SSSR count). The molecule has 2 aromatic heterocycles. The van der Waals surface area contributed by atoms with Crippen LogP contribution in [-0.4, -0.2) is 226 Å². The molecule has 6 aliphatic carbocycles. The van der Waals surface area contributed by atoms with Gasteiger partial charge in [0.15, 0.2) is 0 Å². The molecule has 40 nitrogen and oxygen atoms in total. The number of thiol groups is 1. The van der Waals surface area contributed by atoms with Crippen LogP contribution in [0.3, 0.4) is 0 Å². The number of fused-ring (bicyclic) bond motifs is 7. The number of phosphoric acid groups is 3. The molecule has 7 amide bonds. The van der Waals surface area contributed by atoms with E-state index in [0.29, 0.717) is 66.9 Å². The number of anilines is 1. The van der Waals surface area contributed by atoms with E-state index in [1.54, 1.807) is 11.0 Å². The summed E-state index contributed by atoms with van der Waals surface area (Å²) in [5, 5.41) is 65.4. The molecule has 12 atom stereocenters. The number of nitrogens with zero attached hydrogens (tertiary/aromatic N) is 3. The van der Waals surface area contributed by atoms with Crippen LogP contribution in [0.15, 0.2) is 110 Å². The second-order valence-corrected chi connectivity index (χ2v) is 46.7. The van der Waals surface area contributed by atoms with E-state index in [1.165, 1.54) is 70.9 Å². The van der Waals surface area contributed by atoms with Crippen LogP contribution < -0.4 is 43.0 Å². The van der Waals surface area contributed by atoms with Gasteiger partial charge in [0.1, 0.15) is 67.5 Å². The Bertz CT molecular complexity index is 5370. The van der Waals surface area contributed by atoms with Crippen molar-refractivity contribution in [2.75, 3.05) is 62.4 Å². The van der Waals surface area contributed by atoms with Gasteiger partial charge in [-0.25, -0.2) is 42.8 Å². The summed E-state index contributed by atoms with van der Waals surface area (Å²) in [7, 11) is -13.3. The van der Waals surface area contributed by atoms with Gasteiger partial charge in [0.2, 0.25) is 29.5 Å². The first kappa shape index (κ1) is 106. The molecule has 7 aliphatic rings. The van der Waals surface area contributed by atoms with Crippen molar-refractivity contribution in [1.82, 2.24) is 51.8 Å². The van der Waals surface area contributed by atoms with Crippen molar-refractivity contribution in [3.8, 4) is 34.1 Å². The number of carbonyl (C=O) groups excluding carboxylic acids is 7. The summed E-state index contributed by atoms with van der Waals surface area (Å²) in [6.07, 6.45) is 7.36. The van der Waals surface area contributed by atoms with Crippen LogP contribution in [-0.2, 0) is 84.2 Å². The number of aromatic nitrogens is 3. The minimum absolute atomic E-state index is 0.00452. The molecule has 5 fully saturated rings. The van der Waals surface area contributed by atoms with Crippen LogP contribution in [0, 0.1) is 29.6 Å². The van der Waals surface area contributed by atoms with E-state index < -0.39 is 154 Å². The number of carboxylic acids is 4. The molecule has 4 saturated carbocycles. The molecule has 18 N–H and O–H groups in total. The van der Waals surface area contributed by atoms with Crippen molar-refractivity contribution >= 4 is 175 Å². The summed E-state index contributed by atoms with van der Waals surface area (Å²) >= 11 is 5.85. The first-order chi connectivity index (χ1) is 65.2. The monoisotopic (exact) mass is 2070 g/mol. The molecular formula is C85H111N11O29P6S4. The Morgan fingerprint density at radius 1 is 0.615 bits per heavy atom. The van der Waals surface area contributed by atoms with Gasteiger partial charge in [0.05, 0.1) is 32.8 Å². The number of rotatable bonds is 49. The molecular weight excluding hydrogens is 1950 g/mol. The van der Waals surface area contributed by atoms with Gasteiger partial charge in [-0.1, -0.05) is 151 Å². The van der Waals surface area contributed by atoms with Gasteiger partial charge in [-0.3, -0.25) is 38.1 Å². The lowest BCUT2D eigenvalue weighted by molar-refractivity contribution is -0.144. The van der Waals surface area contributed by atoms with Crippen LogP contribution in [0.1, 0.15) is 174 Å².